The number of nitrogens with two attached hydrogens (primary N) is 1. The molecular formula is C21H43NO2. The van der Waals surface area contributed by atoms with Crippen molar-refractivity contribution in [3.8, 4) is 0 Å². The summed E-state index contributed by atoms with van der Waals surface area (Å²) < 4.78 is 0. The third-order valence-corrected chi connectivity index (χ3v) is 4.16. The summed E-state index contributed by atoms with van der Waals surface area (Å²) in [6.45, 7) is 6.21. The third kappa shape index (κ3) is 29.2. The molecule has 0 spiro atoms. The smallest absolute Gasteiger partial charge is 0.303 e. The lowest BCUT2D eigenvalue weighted by molar-refractivity contribution is -0.137. The summed E-state index contributed by atoms with van der Waals surface area (Å²) in [7, 11) is 0. The Bertz CT molecular complexity index is 254. The van der Waals surface area contributed by atoms with E-state index >= 15 is 0 Å². The van der Waals surface area contributed by atoms with Gasteiger partial charge in [-0.3, -0.25) is 4.79 Å². The molecule has 0 aromatic rings. The molecule has 0 aromatic heterocycles. The van der Waals surface area contributed by atoms with Gasteiger partial charge in [0, 0.05) is 13.0 Å². The van der Waals surface area contributed by atoms with Crippen molar-refractivity contribution in [3.05, 3.63) is 12.7 Å². The lowest BCUT2D eigenvalue weighted by atomic mass is 10.0. The molecule has 0 aliphatic heterocycles. The first-order valence-corrected chi connectivity index (χ1v) is 10.2. The zero-order valence-electron chi connectivity index (χ0n) is 16.2. The monoisotopic (exact) mass is 341 g/mol. The van der Waals surface area contributed by atoms with Crippen molar-refractivity contribution in [2.24, 2.45) is 5.73 Å². The lowest BCUT2D eigenvalue weighted by Crippen LogP contribution is -1.93. The molecule has 0 saturated heterocycles. The first-order valence-electron chi connectivity index (χ1n) is 10.2. The topological polar surface area (TPSA) is 63.3 Å². The van der Waals surface area contributed by atoms with Crippen LogP contribution in [0.5, 0.6) is 0 Å². The third-order valence-electron chi connectivity index (χ3n) is 4.16. The molecular weight excluding hydrogens is 298 g/mol. The molecule has 0 radical (unpaired) electrons. The van der Waals surface area contributed by atoms with E-state index in [1.165, 1.54) is 83.5 Å². The van der Waals surface area contributed by atoms with Crippen molar-refractivity contribution in [2.75, 3.05) is 6.54 Å². The fourth-order valence-corrected chi connectivity index (χ4v) is 2.65. The van der Waals surface area contributed by atoms with Crippen molar-refractivity contribution in [2.45, 2.75) is 110 Å². The average Bonchev–Trinajstić information content (AvgIpc) is 2.58. The Balaban J connectivity index is 0. The standard InChI is InChI=1S/C18H36O2.C3H7N/c1-2-3-4-5-6-7-8-9-10-11-12-13-14-15-16-17-18(19)20;1-2-3-4/h2-17H2,1H3,(H,19,20);2H,1,3-4H2. The van der Waals surface area contributed by atoms with E-state index in [-0.39, 0.29) is 0 Å². The van der Waals surface area contributed by atoms with Crippen LogP contribution in [0.2, 0.25) is 0 Å². The van der Waals surface area contributed by atoms with Gasteiger partial charge in [0.2, 0.25) is 0 Å². The van der Waals surface area contributed by atoms with Crippen LogP contribution in [-0.2, 0) is 4.79 Å². The number of unbranched alkanes of at least 4 members (excludes halogenated alkanes) is 14. The van der Waals surface area contributed by atoms with E-state index in [0.29, 0.717) is 13.0 Å². The van der Waals surface area contributed by atoms with Gasteiger partial charge in [0.15, 0.2) is 0 Å². The molecule has 24 heavy (non-hydrogen) atoms. The maximum Gasteiger partial charge on any atom is 0.303 e. The van der Waals surface area contributed by atoms with Crippen molar-refractivity contribution < 1.29 is 9.90 Å². The summed E-state index contributed by atoms with van der Waals surface area (Å²) in [5.41, 5.74) is 4.91. The summed E-state index contributed by atoms with van der Waals surface area (Å²) >= 11 is 0. The zero-order valence-corrected chi connectivity index (χ0v) is 16.2. The van der Waals surface area contributed by atoms with Gasteiger partial charge in [-0.2, -0.15) is 0 Å². The van der Waals surface area contributed by atoms with Crippen LogP contribution in [0.3, 0.4) is 0 Å². The maximum atomic E-state index is 10.3. The molecule has 0 atom stereocenters. The van der Waals surface area contributed by atoms with Crippen molar-refractivity contribution in [1.82, 2.24) is 0 Å². The Kier molecular flexibility index (Phi) is 25.9. The Morgan fingerprint density at radius 3 is 1.33 bits per heavy atom. The van der Waals surface area contributed by atoms with Crippen LogP contribution in [0, 0.1) is 0 Å². The number of hydrogen-bond acceptors (Lipinski definition) is 2. The second-order valence-corrected chi connectivity index (χ2v) is 6.62. The van der Waals surface area contributed by atoms with Gasteiger partial charge < -0.3 is 10.8 Å². The molecule has 0 aliphatic rings. The number of carboxylic acid groups (broad SMARTS) is 1. The van der Waals surface area contributed by atoms with E-state index in [9.17, 15) is 4.79 Å². The van der Waals surface area contributed by atoms with Gasteiger partial charge in [-0.15, -0.1) is 6.58 Å². The van der Waals surface area contributed by atoms with Crippen LogP contribution >= 0.6 is 0 Å². The molecule has 0 saturated carbocycles. The Hall–Kier alpha value is -0.830. The summed E-state index contributed by atoms with van der Waals surface area (Å²) in [5.74, 6) is -0.653. The van der Waals surface area contributed by atoms with Gasteiger partial charge in [-0.1, -0.05) is 103 Å². The SMILES string of the molecule is C=CCN.CCCCCCCCCCCCCCCCCC(=O)O. The number of carbonyl (C=O) groups is 1. The van der Waals surface area contributed by atoms with E-state index in [1.54, 1.807) is 6.08 Å². The molecule has 0 heterocycles. The van der Waals surface area contributed by atoms with Gasteiger partial charge in [0.05, 0.1) is 0 Å². The number of rotatable bonds is 17. The highest BCUT2D eigenvalue weighted by molar-refractivity contribution is 5.66. The fraction of sp³-hybridized carbons (Fsp3) is 0.857. The average molecular weight is 342 g/mol. The molecule has 0 aliphatic carbocycles. The summed E-state index contributed by atoms with van der Waals surface area (Å²) in [6.07, 6.45) is 21.9. The van der Waals surface area contributed by atoms with Crippen molar-refractivity contribution in [1.29, 1.82) is 0 Å². The molecule has 0 bridgehead atoms. The molecule has 3 heteroatoms. The molecule has 0 rings (SSSR count). The van der Waals surface area contributed by atoms with E-state index in [4.69, 9.17) is 10.8 Å². The first kappa shape index (κ1) is 25.4. The molecule has 0 aromatic carbocycles. The summed E-state index contributed by atoms with van der Waals surface area (Å²) in [5, 5.41) is 8.52. The van der Waals surface area contributed by atoms with Gasteiger partial charge in [0.25, 0.3) is 0 Å². The molecule has 3 N–H and O–H groups in total. The van der Waals surface area contributed by atoms with E-state index < -0.39 is 5.97 Å². The van der Waals surface area contributed by atoms with Crippen LogP contribution in [-0.4, -0.2) is 17.6 Å². The highest BCUT2D eigenvalue weighted by Gasteiger charge is 1.97. The minimum Gasteiger partial charge on any atom is -0.481 e. The summed E-state index contributed by atoms with van der Waals surface area (Å²) in [6, 6.07) is 0. The zero-order chi connectivity index (χ0) is 18.3. The second-order valence-electron chi connectivity index (χ2n) is 6.62. The van der Waals surface area contributed by atoms with E-state index in [2.05, 4.69) is 13.5 Å². The van der Waals surface area contributed by atoms with E-state index in [0.717, 1.165) is 12.8 Å². The highest BCUT2D eigenvalue weighted by atomic mass is 16.4. The van der Waals surface area contributed by atoms with Crippen molar-refractivity contribution >= 4 is 5.97 Å². The summed E-state index contributed by atoms with van der Waals surface area (Å²) in [4.78, 5) is 10.3. The largest absolute Gasteiger partial charge is 0.481 e. The van der Waals surface area contributed by atoms with Crippen LogP contribution in [0.4, 0.5) is 0 Å². The number of aliphatic carboxylic acids is 1. The Morgan fingerprint density at radius 1 is 0.792 bits per heavy atom. The van der Waals surface area contributed by atoms with Crippen molar-refractivity contribution in [3.63, 3.8) is 0 Å². The fourth-order valence-electron chi connectivity index (χ4n) is 2.65. The Labute approximate surface area is 151 Å². The highest BCUT2D eigenvalue weighted by Crippen LogP contribution is 2.13. The minimum atomic E-state index is -0.653. The maximum absolute atomic E-state index is 10.3. The van der Waals surface area contributed by atoms with E-state index in [1.807, 2.05) is 0 Å². The van der Waals surface area contributed by atoms with Crippen LogP contribution in [0.25, 0.3) is 0 Å². The quantitative estimate of drug-likeness (QED) is 0.235. The van der Waals surface area contributed by atoms with Crippen LogP contribution in [0.1, 0.15) is 110 Å². The first-order chi connectivity index (χ1) is 11.7. The second kappa shape index (κ2) is 24.4. The molecule has 3 nitrogen and oxygen atoms in total. The molecule has 0 fully saturated rings. The minimum absolute atomic E-state index is 0.345. The van der Waals surface area contributed by atoms with Gasteiger partial charge >= 0.3 is 5.97 Å². The number of hydrogen-bond donors (Lipinski definition) is 2. The van der Waals surface area contributed by atoms with Crippen LogP contribution in [0.15, 0.2) is 12.7 Å². The van der Waals surface area contributed by atoms with Gasteiger partial charge in [-0.25, -0.2) is 0 Å². The van der Waals surface area contributed by atoms with Gasteiger partial charge in [0.1, 0.15) is 0 Å². The molecule has 144 valence electrons. The molecule has 0 amide bonds. The van der Waals surface area contributed by atoms with Gasteiger partial charge in [-0.05, 0) is 6.42 Å². The Morgan fingerprint density at radius 2 is 1.08 bits per heavy atom. The van der Waals surface area contributed by atoms with Crippen LogP contribution < -0.4 is 5.73 Å². The predicted octanol–water partition coefficient (Wildman–Crippen LogP) is 6.46. The number of carboxylic acids is 1. The lowest BCUT2D eigenvalue weighted by Gasteiger charge is -2.03. The predicted molar refractivity (Wildman–Crippen MR) is 106 cm³/mol. The molecule has 0 unspecified atom stereocenters. The normalized spacial score (nSPS) is 10.1.